The molecule has 0 aromatic carbocycles. The molecule has 0 unspecified atom stereocenters. The van der Waals surface area contributed by atoms with E-state index >= 15 is 0 Å². The van der Waals surface area contributed by atoms with Crippen molar-refractivity contribution in [2.24, 2.45) is 11.8 Å². The zero-order chi connectivity index (χ0) is 18.1. The van der Waals surface area contributed by atoms with Crippen molar-refractivity contribution in [1.82, 2.24) is 0 Å². The summed E-state index contributed by atoms with van der Waals surface area (Å²) >= 11 is 0. The maximum absolute atomic E-state index is 11.9. The normalized spacial score (nSPS) is 26.5. The molecule has 0 saturated heterocycles. The molecule has 0 aliphatic heterocycles. The first-order chi connectivity index (χ1) is 11.3. The third-order valence-corrected chi connectivity index (χ3v) is 4.92. The number of rotatable bonds is 12. The highest BCUT2D eigenvalue weighted by molar-refractivity contribution is 5.82. The van der Waals surface area contributed by atoms with Crippen LogP contribution in [0.1, 0.15) is 71.1 Å². The minimum absolute atomic E-state index is 0.0582. The topological polar surface area (TPSA) is 112 Å². The zero-order valence-electron chi connectivity index (χ0n) is 14.4. The van der Waals surface area contributed by atoms with Gasteiger partial charge in [-0.1, -0.05) is 19.8 Å². The Morgan fingerprint density at radius 3 is 2.17 bits per heavy atom. The smallest absolute Gasteiger partial charge is 0.303 e. The lowest BCUT2D eigenvalue weighted by Gasteiger charge is -2.22. The number of hydrogen-bond donors (Lipinski definition) is 3. The molecule has 0 amide bonds. The van der Waals surface area contributed by atoms with E-state index in [1.54, 1.807) is 0 Å². The van der Waals surface area contributed by atoms with Crippen molar-refractivity contribution < 1.29 is 29.7 Å². The van der Waals surface area contributed by atoms with Gasteiger partial charge in [0.25, 0.3) is 0 Å². The highest BCUT2D eigenvalue weighted by Crippen LogP contribution is 2.38. The van der Waals surface area contributed by atoms with Crippen molar-refractivity contribution in [3.63, 3.8) is 0 Å². The van der Waals surface area contributed by atoms with Gasteiger partial charge in [-0.3, -0.25) is 14.4 Å². The highest BCUT2D eigenvalue weighted by atomic mass is 16.4. The Hall–Kier alpha value is -1.27. The summed E-state index contributed by atoms with van der Waals surface area (Å²) in [5.74, 6) is -1.74. The average molecular weight is 342 g/mol. The standard InChI is InChI=1S/C18H30O6/c1-2-3-4-5-12(19)6-8-14-15(17(22)11-16(14)21)10-13(20)7-9-18(23)24/h14-17,21-22H,2-11H2,1H3,(H,23,24)/t14-,15-,16-,17+/m0/s1. The number of aliphatic carboxylic acids is 1. The molecule has 6 heteroatoms. The van der Waals surface area contributed by atoms with E-state index in [4.69, 9.17) is 5.11 Å². The molecule has 1 aliphatic carbocycles. The summed E-state index contributed by atoms with van der Waals surface area (Å²) in [6, 6.07) is 0. The number of ketones is 2. The number of aliphatic hydroxyl groups excluding tert-OH is 2. The highest BCUT2D eigenvalue weighted by Gasteiger charge is 2.42. The first-order valence-electron chi connectivity index (χ1n) is 8.96. The summed E-state index contributed by atoms with van der Waals surface area (Å²) in [6.07, 6.45) is 2.86. The second-order valence-corrected chi connectivity index (χ2v) is 6.87. The zero-order valence-corrected chi connectivity index (χ0v) is 14.4. The van der Waals surface area contributed by atoms with Crippen LogP contribution in [0.3, 0.4) is 0 Å². The number of Topliss-reactive ketones (excluding diaryl/α,β-unsaturated/α-hetero) is 2. The van der Waals surface area contributed by atoms with Gasteiger partial charge in [-0.25, -0.2) is 0 Å². The van der Waals surface area contributed by atoms with Gasteiger partial charge in [0.2, 0.25) is 0 Å². The van der Waals surface area contributed by atoms with Crippen LogP contribution in [0.25, 0.3) is 0 Å². The second-order valence-electron chi connectivity index (χ2n) is 6.87. The third kappa shape index (κ3) is 7.09. The summed E-state index contributed by atoms with van der Waals surface area (Å²) in [6.45, 7) is 2.08. The predicted molar refractivity (Wildman–Crippen MR) is 88.5 cm³/mol. The summed E-state index contributed by atoms with van der Waals surface area (Å²) in [5.41, 5.74) is 0. The van der Waals surface area contributed by atoms with Crippen LogP contribution in [0.2, 0.25) is 0 Å². The Morgan fingerprint density at radius 2 is 1.54 bits per heavy atom. The number of carbonyl (C=O) groups excluding carboxylic acids is 2. The largest absolute Gasteiger partial charge is 0.481 e. The molecule has 1 rings (SSSR count). The van der Waals surface area contributed by atoms with Crippen LogP contribution in [-0.2, 0) is 14.4 Å². The summed E-state index contributed by atoms with van der Waals surface area (Å²) in [7, 11) is 0. The molecule has 24 heavy (non-hydrogen) atoms. The maximum atomic E-state index is 11.9. The van der Waals surface area contributed by atoms with Gasteiger partial charge in [0.05, 0.1) is 18.6 Å². The Labute approximate surface area is 143 Å². The molecule has 0 bridgehead atoms. The van der Waals surface area contributed by atoms with Gasteiger partial charge >= 0.3 is 5.97 Å². The van der Waals surface area contributed by atoms with E-state index in [1.807, 2.05) is 0 Å². The van der Waals surface area contributed by atoms with E-state index in [2.05, 4.69) is 6.92 Å². The van der Waals surface area contributed by atoms with Crippen molar-refractivity contribution in [2.45, 2.75) is 83.3 Å². The molecular weight excluding hydrogens is 312 g/mol. The van der Waals surface area contributed by atoms with E-state index in [0.29, 0.717) is 19.3 Å². The van der Waals surface area contributed by atoms with Gasteiger partial charge in [-0.15, -0.1) is 0 Å². The van der Waals surface area contributed by atoms with Crippen LogP contribution >= 0.6 is 0 Å². The van der Waals surface area contributed by atoms with Gasteiger partial charge < -0.3 is 15.3 Å². The van der Waals surface area contributed by atoms with E-state index in [9.17, 15) is 24.6 Å². The Morgan fingerprint density at radius 1 is 0.875 bits per heavy atom. The predicted octanol–water partition coefficient (Wildman–Crippen LogP) is 2.10. The van der Waals surface area contributed by atoms with Crippen molar-refractivity contribution in [2.75, 3.05) is 0 Å². The average Bonchev–Trinajstić information content (AvgIpc) is 2.77. The van der Waals surface area contributed by atoms with Gasteiger partial charge in [0.1, 0.15) is 11.6 Å². The van der Waals surface area contributed by atoms with E-state index in [0.717, 1.165) is 19.3 Å². The lowest BCUT2D eigenvalue weighted by molar-refractivity contribution is -0.138. The molecule has 138 valence electrons. The van der Waals surface area contributed by atoms with Crippen LogP contribution in [0.15, 0.2) is 0 Å². The Kier molecular flexibility index (Phi) is 9.14. The monoisotopic (exact) mass is 342 g/mol. The molecule has 0 spiro atoms. The van der Waals surface area contributed by atoms with Gasteiger partial charge in [0, 0.05) is 25.7 Å². The summed E-state index contributed by atoms with van der Waals surface area (Å²) in [5, 5.41) is 28.8. The number of carboxylic acids is 1. The van der Waals surface area contributed by atoms with E-state index < -0.39 is 18.2 Å². The fourth-order valence-corrected chi connectivity index (χ4v) is 3.50. The lowest BCUT2D eigenvalue weighted by atomic mass is 9.84. The number of carbonyl (C=O) groups is 3. The fraction of sp³-hybridized carbons (Fsp3) is 0.833. The van der Waals surface area contributed by atoms with Crippen molar-refractivity contribution in [3.05, 3.63) is 0 Å². The van der Waals surface area contributed by atoms with Crippen LogP contribution in [0, 0.1) is 11.8 Å². The molecule has 1 aliphatic rings. The molecule has 4 atom stereocenters. The molecular formula is C18H30O6. The third-order valence-electron chi connectivity index (χ3n) is 4.92. The molecule has 0 heterocycles. The van der Waals surface area contributed by atoms with E-state index in [1.165, 1.54) is 0 Å². The Bertz CT molecular complexity index is 433. The number of aliphatic hydroxyl groups is 2. The van der Waals surface area contributed by atoms with Crippen LogP contribution in [0.5, 0.6) is 0 Å². The number of hydrogen-bond acceptors (Lipinski definition) is 5. The lowest BCUT2D eigenvalue weighted by Crippen LogP contribution is -2.25. The van der Waals surface area contributed by atoms with Crippen LogP contribution < -0.4 is 0 Å². The van der Waals surface area contributed by atoms with Gasteiger partial charge in [-0.05, 0) is 31.1 Å². The number of unbranched alkanes of at least 4 members (excludes halogenated alkanes) is 2. The van der Waals surface area contributed by atoms with Crippen molar-refractivity contribution in [3.8, 4) is 0 Å². The molecule has 0 aromatic rings. The molecule has 0 radical (unpaired) electrons. The molecule has 6 nitrogen and oxygen atoms in total. The minimum atomic E-state index is -1.02. The molecule has 1 fully saturated rings. The summed E-state index contributed by atoms with van der Waals surface area (Å²) in [4.78, 5) is 34.3. The quantitative estimate of drug-likeness (QED) is 0.468. The Balaban J connectivity index is 2.48. The maximum Gasteiger partial charge on any atom is 0.303 e. The van der Waals surface area contributed by atoms with E-state index in [-0.39, 0.29) is 49.1 Å². The first-order valence-corrected chi connectivity index (χ1v) is 8.96. The summed E-state index contributed by atoms with van der Waals surface area (Å²) < 4.78 is 0. The molecule has 3 N–H and O–H groups in total. The van der Waals surface area contributed by atoms with Crippen LogP contribution in [-0.4, -0.2) is 45.1 Å². The first kappa shape index (κ1) is 20.8. The minimum Gasteiger partial charge on any atom is -0.481 e. The van der Waals surface area contributed by atoms with Crippen molar-refractivity contribution >= 4 is 17.5 Å². The molecule has 0 aromatic heterocycles. The molecule has 1 saturated carbocycles. The SMILES string of the molecule is CCCCCC(=O)CC[C@H]1[C@H](CC(=O)CCC(=O)O)[C@H](O)C[C@@H]1O. The fourth-order valence-electron chi connectivity index (χ4n) is 3.50. The number of carboxylic acid groups (broad SMARTS) is 1. The van der Waals surface area contributed by atoms with Crippen molar-refractivity contribution in [1.29, 1.82) is 0 Å². The van der Waals surface area contributed by atoms with Crippen LogP contribution in [0.4, 0.5) is 0 Å². The van der Waals surface area contributed by atoms with Gasteiger partial charge in [0.15, 0.2) is 0 Å². The second kappa shape index (κ2) is 10.6. The van der Waals surface area contributed by atoms with Gasteiger partial charge in [-0.2, -0.15) is 0 Å².